The molecule has 1 amide bonds. The van der Waals surface area contributed by atoms with Crippen LogP contribution in [0, 0.1) is 5.82 Å². The van der Waals surface area contributed by atoms with Gasteiger partial charge in [0, 0.05) is 21.6 Å². The van der Waals surface area contributed by atoms with Crippen LogP contribution >= 0.6 is 15.9 Å². The number of hydrogen-bond donors (Lipinski definition) is 1. The molecule has 3 aromatic rings. The van der Waals surface area contributed by atoms with Crippen molar-refractivity contribution in [3.63, 3.8) is 0 Å². The zero-order chi connectivity index (χ0) is 17.4. The second-order valence-corrected chi connectivity index (χ2v) is 7.39. The molecule has 1 aliphatic rings. The van der Waals surface area contributed by atoms with E-state index in [-0.39, 0.29) is 22.8 Å². The molecule has 1 aromatic heterocycles. The van der Waals surface area contributed by atoms with E-state index >= 15 is 0 Å². The predicted octanol–water partition coefficient (Wildman–Crippen LogP) is 4.64. The highest BCUT2D eigenvalue weighted by Gasteiger charge is 2.44. The first-order valence-corrected chi connectivity index (χ1v) is 8.96. The van der Waals surface area contributed by atoms with E-state index in [0.717, 1.165) is 23.7 Å². The fourth-order valence-corrected chi connectivity index (χ4v) is 3.49. The lowest BCUT2D eigenvalue weighted by Gasteiger charge is -2.18. The van der Waals surface area contributed by atoms with Gasteiger partial charge in [0.2, 0.25) is 0 Å². The molecule has 2 aromatic carbocycles. The molecule has 0 spiro atoms. The Kier molecular flexibility index (Phi) is 4.04. The molecule has 5 heteroatoms. The van der Waals surface area contributed by atoms with Crippen molar-refractivity contribution in [3.05, 3.63) is 76.1 Å². The Morgan fingerprint density at radius 3 is 2.76 bits per heavy atom. The average molecular weight is 399 g/mol. The van der Waals surface area contributed by atoms with E-state index in [2.05, 4.69) is 32.3 Å². The van der Waals surface area contributed by atoms with E-state index in [0.29, 0.717) is 10.9 Å². The van der Waals surface area contributed by atoms with E-state index in [1.807, 2.05) is 18.2 Å². The minimum atomic E-state index is -0.378. The molecule has 0 bridgehead atoms. The monoisotopic (exact) mass is 398 g/mol. The number of halogens is 2. The summed E-state index contributed by atoms with van der Waals surface area (Å²) in [6.45, 7) is 0. The highest BCUT2D eigenvalue weighted by molar-refractivity contribution is 9.10. The van der Waals surface area contributed by atoms with Crippen LogP contribution in [0.1, 0.15) is 28.8 Å². The first-order valence-electron chi connectivity index (χ1n) is 8.17. The number of carbonyl (C=O) groups excluding carboxylic acids is 1. The molecular formula is C20H16BrFN2O. The van der Waals surface area contributed by atoms with Gasteiger partial charge in [-0.1, -0.05) is 46.3 Å². The van der Waals surface area contributed by atoms with Crippen molar-refractivity contribution in [2.24, 2.45) is 0 Å². The van der Waals surface area contributed by atoms with Crippen molar-refractivity contribution in [2.75, 3.05) is 0 Å². The number of nitrogens with one attached hydrogen (secondary N) is 1. The van der Waals surface area contributed by atoms with Gasteiger partial charge in [0.1, 0.15) is 11.3 Å². The van der Waals surface area contributed by atoms with E-state index in [1.54, 1.807) is 18.2 Å². The van der Waals surface area contributed by atoms with Gasteiger partial charge in [0.05, 0.1) is 5.56 Å². The maximum atomic E-state index is 13.7. The molecule has 1 saturated carbocycles. The summed E-state index contributed by atoms with van der Waals surface area (Å²) in [6, 6.07) is 14.5. The number of hydrogen-bond acceptors (Lipinski definition) is 2. The average Bonchev–Trinajstić information content (AvgIpc) is 3.36. The molecule has 126 valence electrons. The molecule has 1 heterocycles. The molecule has 4 rings (SSSR count). The number of aromatic nitrogens is 1. The third-order valence-electron chi connectivity index (χ3n) is 4.64. The number of rotatable bonds is 4. The van der Waals surface area contributed by atoms with Crippen LogP contribution in [0.5, 0.6) is 0 Å². The maximum absolute atomic E-state index is 13.7. The Morgan fingerprint density at radius 1 is 1.20 bits per heavy atom. The second kappa shape index (κ2) is 6.23. The number of fused-ring (bicyclic) bond motifs is 1. The van der Waals surface area contributed by atoms with Gasteiger partial charge in [-0.05, 0) is 43.0 Å². The molecule has 0 radical (unpaired) electrons. The van der Waals surface area contributed by atoms with Crippen molar-refractivity contribution in [1.82, 2.24) is 10.3 Å². The molecule has 0 aliphatic heterocycles. The van der Waals surface area contributed by atoms with Crippen molar-refractivity contribution < 1.29 is 9.18 Å². The van der Waals surface area contributed by atoms with Crippen LogP contribution in [-0.4, -0.2) is 16.4 Å². The Labute approximate surface area is 153 Å². The van der Waals surface area contributed by atoms with Gasteiger partial charge >= 0.3 is 0 Å². The van der Waals surface area contributed by atoms with Gasteiger partial charge in [-0.25, -0.2) is 4.39 Å². The summed E-state index contributed by atoms with van der Waals surface area (Å²) in [5.41, 5.74) is 1.72. The lowest BCUT2D eigenvalue weighted by Crippen LogP contribution is -2.38. The number of pyridine rings is 1. The maximum Gasteiger partial charge on any atom is 0.253 e. The molecule has 0 atom stereocenters. The van der Waals surface area contributed by atoms with Crippen molar-refractivity contribution >= 4 is 32.7 Å². The topological polar surface area (TPSA) is 42.0 Å². The lowest BCUT2D eigenvalue weighted by atomic mass is 10.0. The number of para-hydroxylation sites is 1. The lowest BCUT2D eigenvalue weighted by molar-refractivity contribution is 0.0931. The SMILES string of the molecule is O=C(NC1(Cc2ccccc2Br)CC1)c1cnc2c(F)cccc2c1. The first kappa shape index (κ1) is 16.2. The Balaban J connectivity index is 1.55. The van der Waals surface area contributed by atoms with Crippen molar-refractivity contribution in [1.29, 1.82) is 0 Å². The third-order valence-corrected chi connectivity index (χ3v) is 5.42. The van der Waals surface area contributed by atoms with E-state index in [1.165, 1.54) is 17.8 Å². The van der Waals surface area contributed by atoms with Crippen molar-refractivity contribution in [2.45, 2.75) is 24.8 Å². The third kappa shape index (κ3) is 3.29. The number of benzene rings is 2. The standard InChI is InChI=1S/C20H16BrFN2O/c21-16-6-2-1-4-14(16)11-20(8-9-20)24-19(25)15-10-13-5-3-7-17(22)18(13)23-12-15/h1-7,10,12H,8-9,11H2,(H,24,25). The normalized spacial score (nSPS) is 15.1. The van der Waals surface area contributed by atoms with E-state index in [4.69, 9.17) is 0 Å². The van der Waals surface area contributed by atoms with Crippen LogP contribution in [0.4, 0.5) is 4.39 Å². The van der Waals surface area contributed by atoms with Crippen LogP contribution in [0.15, 0.2) is 59.2 Å². The van der Waals surface area contributed by atoms with Crippen molar-refractivity contribution in [3.8, 4) is 0 Å². The molecule has 1 fully saturated rings. The summed E-state index contributed by atoms with van der Waals surface area (Å²) >= 11 is 3.56. The van der Waals surface area contributed by atoms with Gasteiger partial charge < -0.3 is 5.32 Å². The minimum Gasteiger partial charge on any atom is -0.346 e. The summed E-state index contributed by atoms with van der Waals surface area (Å²) in [5.74, 6) is -0.541. The number of nitrogens with zero attached hydrogens (tertiary/aromatic N) is 1. The Morgan fingerprint density at radius 2 is 2.00 bits per heavy atom. The number of amides is 1. The van der Waals surface area contributed by atoms with Gasteiger partial charge in [-0.3, -0.25) is 9.78 Å². The zero-order valence-electron chi connectivity index (χ0n) is 13.4. The molecule has 1 aliphatic carbocycles. The van der Waals surface area contributed by atoms with Crippen LogP contribution in [0.25, 0.3) is 10.9 Å². The van der Waals surface area contributed by atoms with Crippen LogP contribution in [0.3, 0.4) is 0 Å². The Hall–Kier alpha value is -2.27. The molecule has 25 heavy (non-hydrogen) atoms. The fourth-order valence-electron chi connectivity index (χ4n) is 3.06. The summed E-state index contributed by atoms with van der Waals surface area (Å²) in [4.78, 5) is 16.8. The van der Waals surface area contributed by atoms with E-state index < -0.39 is 0 Å². The molecular weight excluding hydrogens is 383 g/mol. The zero-order valence-corrected chi connectivity index (χ0v) is 15.0. The molecule has 1 N–H and O–H groups in total. The quantitative estimate of drug-likeness (QED) is 0.695. The van der Waals surface area contributed by atoms with Crippen LogP contribution in [-0.2, 0) is 6.42 Å². The first-order chi connectivity index (χ1) is 12.1. The minimum absolute atomic E-state index is 0.164. The number of carbonyl (C=O) groups is 1. The van der Waals surface area contributed by atoms with E-state index in [9.17, 15) is 9.18 Å². The summed E-state index contributed by atoms with van der Waals surface area (Å²) in [5, 5.41) is 3.77. The Bertz CT molecular complexity index is 969. The van der Waals surface area contributed by atoms with Gasteiger partial charge in [0.15, 0.2) is 0 Å². The predicted molar refractivity (Wildman–Crippen MR) is 99.0 cm³/mol. The van der Waals surface area contributed by atoms with Gasteiger partial charge in [-0.2, -0.15) is 0 Å². The fraction of sp³-hybridized carbons (Fsp3) is 0.200. The second-order valence-electron chi connectivity index (χ2n) is 6.54. The summed E-state index contributed by atoms with van der Waals surface area (Å²) in [6.07, 6.45) is 4.14. The van der Waals surface area contributed by atoms with Gasteiger partial charge in [-0.15, -0.1) is 0 Å². The molecule has 0 unspecified atom stereocenters. The highest BCUT2D eigenvalue weighted by Crippen LogP contribution is 2.40. The summed E-state index contributed by atoms with van der Waals surface area (Å²) < 4.78 is 14.8. The van der Waals surface area contributed by atoms with Crippen LogP contribution in [0.2, 0.25) is 0 Å². The molecule has 0 saturated heterocycles. The molecule has 3 nitrogen and oxygen atoms in total. The highest BCUT2D eigenvalue weighted by atomic mass is 79.9. The summed E-state index contributed by atoms with van der Waals surface area (Å²) in [7, 11) is 0. The van der Waals surface area contributed by atoms with Crippen LogP contribution < -0.4 is 5.32 Å². The largest absolute Gasteiger partial charge is 0.346 e. The smallest absolute Gasteiger partial charge is 0.253 e. The van der Waals surface area contributed by atoms with Gasteiger partial charge in [0.25, 0.3) is 5.91 Å².